The summed E-state index contributed by atoms with van der Waals surface area (Å²) in [6.07, 6.45) is 1.05. The number of ether oxygens (including phenoxy) is 1. The molecule has 0 radical (unpaired) electrons. The lowest BCUT2D eigenvalue weighted by Gasteiger charge is -2.41. The number of nitrogens with zero attached hydrogens (tertiary/aromatic N) is 1. The van der Waals surface area contributed by atoms with Crippen LogP contribution in [0.25, 0.3) is 0 Å². The fraction of sp³-hybridized carbons (Fsp3) is 0.588. The van der Waals surface area contributed by atoms with Crippen molar-refractivity contribution in [3.63, 3.8) is 0 Å². The highest BCUT2D eigenvalue weighted by atomic mass is 35.5. The van der Waals surface area contributed by atoms with Gasteiger partial charge >= 0.3 is 0 Å². The highest BCUT2D eigenvalue weighted by molar-refractivity contribution is 5.85. The summed E-state index contributed by atoms with van der Waals surface area (Å²) in [5, 5.41) is 2.94. The minimum atomic E-state index is -0.608. The molecule has 24 heavy (non-hydrogen) atoms. The Balaban J connectivity index is 0.00000264. The summed E-state index contributed by atoms with van der Waals surface area (Å²) < 4.78 is 4.92. The number of rotatable bonds is 6. The van der Waals surface area contributed by atoms with Crippen LogP contribution in [0, 0.1) is 0 Å². The van der Waals surface area contributed by atoms with Crippen molar-refractivity contribution in [2.24, 2.45) is 5.73 Å². The first-order chi connectivity index (χ1) is 10.4. The van der Waals surface area contributed by atoms with E-state index in [0.717, 1.165) is 19.5 Å². The molecule has 0 bridgehead atoms. The van der Waals surface area contributed by atoms with Crippen LogP contribution >= 0.6 is 24.8 Å². The molecule has 1 unspecified atom stereocenters. The van der Waals surface area contributed by atoms with Crippen LogP contribution in [-0.4, -0.2) is 49.2 Å². The van der Waals surface area contributed by atoms with E-state index in [1.165, 1.54) is 11.1 Å². The van der Waals surface area contributed by atoms with Crippen molar-refractivity contribution >= 4 is 30.7 Å². The molecule has 1 aromatic carbocycles. The molecular formula is C17H29Cl2N3O2. The molecule has 0 aliphatic carbocycles. The van der Waals surface area contributed by atoms with Gasteiger partial charge in [0.1, 0.15) is 6.04 Å². The Morgan fingerprint density at radius 3 is 2.58 bits per heavy atom. The van der Waals surface area contributed by atoms with E-state index in [1.54, 1.807) is 7.11 Å². The maximum atomic E-state index is 11.9. The number of carbonyl (C=O) groups is 1. The summed E-state index contributed by atoms with van der Waals surface area (Å²) in [6, 6.07) is 7.95. The zero-order valence-corrected chi connectivity index (χ0v) is 16.2. The van der Waals surface area contributed by atoms with Gasteiger partial charge in [-0.3, -0.25) is 9.69 Å². The Hall–Kier alpha value is -0.850. The number of carbonyl (C=O) groups excluding carboxylic acids is 1. The van der Waals surface area contributed by atoms with E-state index in [0.29, 0.717) is 6.54 Å². The Kier molecular flexibility index (Phi) is 9.85. The molecule has 1 aromatic rings. The van der Waals surface area contributed by atoms with Crippen molar-refractivity contribution in [3.8, 4) is 0 Å². The molecule has 0 saturated carbocycles. The predicted molar refractivity (Wildman–Crippen MR) is 102 cm³/mol. The lowest BCUT2D eigenvalue weighted by atomic mass is 9.94. The number of benzene rings is 1. The quantitative estimate of drug-likeness (QED) is 0.792. The largest absolute Gasteiger partial charge is 0.383 e. The van der Waals surface area contributed by atoms with E-state index in [9.17, 15) is 4.79 Å². The maximum Gasteiger partial charge on any atom is 0.239 e. The van der Waals surface area contributed by atoms with Gasteiger partial charge in [0, 0.05) is 32.3 Å². The highest BCUT2D eigenvalue weighted by Crippen LogP contribution is 2.24. The molecule has 5 nitrogen and oxygen atoms in total. The molecule has 0 fully saturated rings. The molecule has 0 aromatic heterocycles. The van der Waals surface area contributed by atoms with Gasteiger partial charge in [-0.05, 0) is 31.4 Å². The van der Waals surface area contributed by atoms with E-state index in [1.807, 2.05) is 0 Å². The average Bonchev–Trinajstić information content (AvgIpc) is 2.52. The van der Waals surface area contributed by atoms with Crippen LogP contribution in [0.1, 0.15) is 25.0 Å². The van der Waals surface area contributed by atoms with Crippen molar-refractivity contribution in [1.82, 2.24) is 10.2 Å². The van der Waals surface area contributed by atoms with E-state index >= 15 is 0 Å². The van der Waals surface area contributed by atoms with Gasteiger partial charge in [-0.25, -0.2) is 0 Å². The monoisotopic (exact) mass is 377 g/mol. The van der Waals surface area contributed by atoms with E-state index in [2.05, 4.69) is 48.3 Å². The number of hydrogen-bond acceptors (Lipinski definition) is 4. The van der Waals surface area contributed by atoms with Gasteiger partial charge in [0.05, 0.1) is 6.61 Å². The van der Waals surface area contributed by atoms with E-state index < -0.39 is 6.04 Å². The predicted octanol–water partition coefficient (Wildman–Crippen LogP) is 1.76. The number of methoxy groups -OCH3 is 1. The van der Waals surface area contributed by atoms with Crippen LogP contribution in [0.15, 0.2) is 24.3 Å². The zero-order valence-electron chi connectivity index (χ0n) is 14.6. The summed E-state index contributed by atoms with van der Waals surface area (Å²) in [4.78, 5) is 14.3. The van der Waals surface area contributed by atoms with Crippen molar-refractivity contribution in [3.05, 3.63) is 35.4 Å². The van der Waals surface area contributed by atoms with Gasteiger partial charge in [0.15, 0.2) is 0 Å². The summed E-state index contributed by atoms with van der Waals surface area (Å²) in [5.74, 6) is -0.160. The number of hydrogen-bond donors (Lipinski definition) is 2. The lowest BCUT2D eigenvalue weighted by Crippen LogP contribution is -2.55. The van der Waals surface area contributed by atoms with Crippen LogP contribution in [-0.2, 0) is 22.5 Å². The Morgan fingerprint density at radius 1 is 1.33 bits per heavy atom. The topological polar surface area (TPSA) is 67.6 Å². The summed E-state index contributed by atoms with van der Waals surface area (Å²) in [7, 11) is 1.54. The molecule has 7 heteroatoms. The number of nitrogens with two attached hydrogens (primary N) is 1. The van der Waals surface area contributed by atoms with Crippen molar-refractivity contribution < 1.29 is 9.53 Å². The summed E-state index contributed by atoms with van der Waals surface area (Å²) in [6.45, 7) is 7.05. The SMILES string of the molecule is COCC(N)C(=O)NCC(C)(C)N1CCc2ccccc2C1.Cl.Cl. The van der Waals surface area contributed by atoms with Crippen LogP contribution in [0.2, 0.25) is 0 Å². The fourth-order valence-electron chi connectivity index (χ4n) is 2.81. The third-order valence-corrected chi connectivity index (χ3v) is 4.36. The molecule has 3 N–H and O–H groups in total. The second-order valence-corrected chi connectivity index (χ2v) is 6.53. The molecule has 1 amide bonds. The first kappa shape index (κ1) is 23.1. The second kappa shape index (κ2) is 10.2. The Labute approximate surface area is 157 Å². The van der Waals surface area contributed by atoms with Crippen LogP contribution < -0.4 is 11.1 Å². The van der Waals surface area contributed by atoms with Gasteiger partial charge < -0.3 is 15.8 Å². The minimum absolute atomic E-state index is 0. The van der Waals surface area contributed by atoms with E-state index in [-0.39, 0.29) is 42.9 Å². The molecule has 1 heterocycles. The van der Waals surface area contributed by atoms with Gasteiger partial charge in [0.2, 0.25) is 5.91 Å². The van der Waals surface area contributed by atoms with Gasteiger partial charge in [-0.15, -0.1) is 24.8 Å². The smallest absolute Gasteiger partial charge is 0.239 e. The zero-order chi connectivity index (χ0) is 16.2. The maximum absolute atomic E-state index is 11.9. The molecule has 138 valence electrons. The van der Waals surface area contributed by atoms with Crippen molar-refractivity contribution in [1.29, 1.82) is 0 Å². The van der Waals surface area contributed by atoms with Crippen molar-refractivity contribution in [2.45, 2.75) is 38.4 Å². The molecule has 1 aliphatic rings. The molecule has 1 atom stereocenters. The first-order valence-corrected chi connectivity index (χ1v) is 7.78. The van der Waals surface area contributed by atoms with Crippen LogP contribution in [0.5, 0.6) is 0 Å². The third kappa shape index (κ3) is 5.90. The molecule has 1 aliphatic heterocycles. The number of amides is 1. The normalized spacial score (nSPS) is 15.5. The third-order valence-electron chi connectivity index (χ3n) is 4.36. The number of nitrogens with one attached hydrogen (secondary N) is 1. The lowest BCUT2D eigenvalue weighted by molar-refractivity contribution is -0.124. The Bertz CT molecular complexity index is 526. The fourth-order valence-corrected chi connectivity index (χ4v) is 2.81. The van der Waals surface area contributed by atoms with E-state index in [4.69, 9.17) is 10.5 Å². The number of fused-ring (bicyclic) bond motifs is 1. The van der Waals surface area contributed by atoms with Crippen molar-refractivity contribution in [2.75, 3.05) is 26.8 Å². The first-order valence-electron chi connectivity index (χ1n) is 7.78. The highest BCUT2D eigenvalue weighted by Gasteiger charge is 2.30. The van der Waals surface area contributed by atoms with Crippen LogP contribution in [0.3, 0.4) is 0 Å². The van der Waals surface area contributed by atoms with Crippen LogP contribution in [0.4, 0.5) is 0 Å². The van der Waals surface area contributed by atoms with Gasteiger partial charge in [0.25, 0.3) is 0 Å². The molecule has 0 saturated heterocycles. The second-order valence-electron chi connectivity index (χ2n) is 6.53. The van der Waals surface area contributed by atoms with Gasteiger partial charge in [-0.2, -0.15) is 0 Å². The molecule has 0 spiro atoms. The van der Waals surface area contributed by atoms with Gasteiger partial charge in [-0.1, -0.05) is 24.3 Å². The molecular weight excluding hydrogens is 349 g/mol. The molecule has 2 rings (SSSR count). The summed E-state index contributed by atoms with van der Waals surface area (Å²) in [5.41, 5.74) is 8.44. The number of halogens is 2. The standard InChI is InChI=1S/C17H27N3O2.2ClH/c1-17(2,12-19-16(21)15(18)11-22-3)20-9-8-13-6-4-5-7-14(13)10-20;;/h4-7,15H,8-12,18H2,1-3H3,(H,19,21);2*1H. The minimum Gasteiger partial charge on any atom is -0.383 e. The summed E-state index contributed by atoms with van der Waals surface area (Å²) >= 11 is 0. The Morgan fingerprint density at radius 2 is 1.96 bits per heavy atom. The average molecular weight is 378 g/mol.